The molecular weight excluding hydrogens is 390 g/mol. The molecule has 1 aromatic heterocycles. The maximum Gasteiger partial charge on any atom is 0.136 e. The Labute approximate surface area is 174 Å². The summed E-state index contributed by atoms with van der Waals surface area (Å²) in [5, 5.41) is 15.9. The molecule has 0 saturated heterocycles. The molecule has 2 aromatic carbocycles. The summed E-state index contributed by atoms with van der Waals surface area (Å²) in [4.78, 5) is 4.57. The largest absolute Gasteiger partial charge is 0.494 e. The summed E-state index contributed by atoms with van der Waals surface area (Å²) in [6, 6.07) is 17.4. The van der Waals surface area contributed by atoms with E-state index in [4.69, 9.17) is 16.3 Å². The second kappa shape index (κ2) is 9.93. The number of rotatable bonds is 8. The number of ether oxygens (including phenoxy) is 1. The zero-order valence-corrected chi connectivity index (χ0v) is 17.1. The van der Waals surface area contributed by atoms with Crippen LogP contribution in [0.5, 0.6) is 5.75 Å². The van der Waals surface area contributed by atoms with Gasteiger partial charge in [0.25, 0.3) is 0 Å². The van der Waals surface area contributed by atoms with E-state index in [0.29, 0.717) is 15.6 Å². The molecule has 0 radical (unpaired) electrons. The van der Waals surface area contributed by atoms with E-state index in [0.717, 1.165) is 42.1 Å². The van der Waals surface area contributed by atoms with Gasteiger partial charge in [-0.15, -0.1) is 11.3 Å². The number of unbranched alkanes of at least 4 members (excludes halogenated alkanes) is 1. The SMILES string of the molecule is CCCCOc1ccc(N/C=C(\C#N)c2nc(-c3ccc(Cl)cc3)cs2)cc1. The van der Waals surface area contributed by atoms with Crippen LogP contribution < -0.4 is 10.1 Å². The lowest BCUT2D eigenvalue weighted by atomic mass is 10.2. The summed E-state index contributed by atoms with van der Waals surface area (Å²) >= 11 is 7.37. The molecule has 1 N–H and O–H groups in total. The van der Waals surface area contributed by atoms with E-state index < -0.39 is 0 Å². The minimum absolute atomic E-state index is 0.480. The Kier molecular flexibility index (Phi) is 7.07. The van der Waals surface area contributed by atoms with Crippen LogP contribution in [0.4, 0.5) is 5.69 Å². The predicted octanol–water partition coefficient (Wildman–Crippen LogP) is 6.62. The third-order valence-electron chi connectivity index (χ3n) is 4.00. The lowest BCUT2D eigenvalue weighted by Gasteiger charge is -2.06. The quantitative estimate of drug-likeness (QED) is 0.335. The number of halogens is 1. The summed E-state index contributed by atoms with van der Waals surface area (Å²) < 4.78 is 5.66. The highest BCUT2D eigenvalue weighted by Gasteiger charge is 2.09. The highest BCUT2D eigenvalue weighted by Crippen LogP contribution is 2.27. The number of benzene rings is 2. The van der Waals surface area contributed by atoms with Gasteiger partial charge in [0, 0.05) is 27.9 Å². The van der Waals surface area contributed by atoms with Gasteiger partial charge in [0.2, 0.25) is 0 Å². The molecule has 0 saturated carbocycles. The zero-order valence-electron chi connectivity index (χ0n) is 15.5. The third kappa shape index (κ3) is 5.35. The number of aromatic nitrogens is 1. The van der Waals surface area contributed by atoms with Crippen molar-refractivity contribution in [3.8, 4) is 23.1 Å². The number of nitriles is 1. The van der Waals surface area contributed by atoms with Crippen molar-refractivity contribution in [3.63, 3.8) is 0 Å². The highest BCUT2D eigenvalue weighted by molar-refractivity contribution is 7.11. The monoisotopic (exact) mass is 409 g/mol. The Balaban J connectivity index is 1.67. The molecule has 0 unspecified atom stereocenters. The minimum Gasteiger partial charge on any atom is -0.494 e. The van der Waals surface area contributed by atoms with Gasteiger partial charge < -0.3 is 10.1 Å². The molecule has 3 aromatic rings. The number of allylic oxidation sites excluding steroid dienone is 1. The number of thiazole rings is 1. The first-order valence-electron chi connectivity index (χ1n) is 9.01. The fourth-order valence-corrected chi connectivity index (χ4v) is 3.35. The van der Waals surface area contributed by atoms with Crippen LogP contribution in [0.25, 0.3) is 16.8 Å². The lowest BCUT2D eigenvalue weighted by Crippen LogP contribution is -1.96. The molecule has 6 heteroatoms. The summed E-state index contributed by atoms with van der Waals surface area (Å²) in [5.41, 5.74) is 3.15. The average molecular weight is 410 g/mol. The Morgan fingerprint density at radius 1 is 1.21 bits per heavy atom. The molecule has 0 aliphatic carbocycles. The van der Waals surface area contributed by atoms with E-state index >= 15 is 0 Å². The van der Waals surface area contributed by atoms with Crippen LogP contribution in [0.1, 0.15) is 24.8 Å². The first kappa shape index (κ1) is 19.9. The average Bonchev–Trinajstić information content (AvgIpc) is 3.20. The van der Waals surface area contributed by atoms with E-state index in [2.05, 4.69) is 23.3 Å². The van der Waals surface area contributed by atoms with Crippen LogP contribution in [0, 0.1) is 11.3 Å². The smallest absolute Gasteiger partial charge is 0.136 e. The van der Waals surface area contributed by atoms with Crippen LogP contribution in [0.3, 0.4) is 0 Å². The van der Waals surface area contributed by atoms with Gasteiger partial charge in [0.05, 0.1) is 12.3 Å². The van der Waals surface area contributed by atoms with Gasteiger partial charge in [-0.2, -0.15) is 5.26 Å². The second-order valence-electron chi connectivity index (χ2n) is 6.09. The molecule has 3 rings (SSSR count). The van der Waals surface area contributed by atoms with E-state index in [1.165, 1.54) is 11.3 Å². The molecule has 4 nitrogen and oxygen atoms in total. The summed E-state index contributed by atoms with van der Waals surface area (Å²) in [7, 11) is 0. The van der Waals surface area contributed by atoms with Crippen molar-refractivity contribution >= 4 is 34.2 Å². The van der Waals surface area contributed by atoms with Crippen molar-refractivity contribution in [2.45, 2.75) is 19.8 Å². The van der Waals surface area contributed by atoms with Gasteiger partial charge in [-0.25, -0.2) is 4.98 Å². The molecule has 0 spiro atoms. The molecule has 0 bridgehead atoms. The van der Waals surface area contributed by atoms with Gasteiger partial charge in [0.15, 0.2) is 0 Å². The van der Waals surface area contributed by atoms with E-state index in [9.17, 15) is 5.26 Å². The van der Waals surface area contributed by atoms with Crippen LogP contribution in [0.2, 0.25) is 5.02 Å². The third-order valence-corrected chi connectivity index (χ3v) is 5.13. The molecule has 1 heterocycles. The normalized spacial score (nSPS) is 11.1. The van der Waals surface area contributed by atoms with Crippen molar-refractivity contribution < 1.29 is 4.74 Å². The maximum absolute atomic E-state index is 9.51. The van der Waals surface area contributed by atoms with Crippen LogP contribution in [0.15, 0.2) is 60.1 Å². The Morgan fingerprint density at radius 2 is 1.96 bits per heavy atom. The van der Waals surface area contributed by atoms with Crippen LogP contribution in [-0.2, 0) is 0 Å². The molecule has 0 amide bonds. The Hall–Kier alpha value is -2.81. The summed E-state index contributed by atoms with van der Waals surface area (Å²) in [5.74, 6) is 0.844. The Morgan fingerprint density at radius 3 is 2.64 bits per heavy atom. The van der Waals surface area contributed by atoms with Crippen molar-refractivity contribution in [2.24, 2.45) is 0 Å². The zero-order chi connectivity index (χ0) is 19.8. The topological polar surface area (TPSA) is 57.9 Å². The van der Waals surface area contributed by atoms with Gasteiger partial charge in [-0.3, -0.25) is 0 Å². The van der Waals surface area contributed by atoms with E-state index in [-0.39, 0.29) is 0 Å². The molecule has 28 heavy (non-hydrogen) atoms. The van der Waals surface area contributed by atoms with Crippen LogP contribution >= 0.6 is 22.9 Å². The molecule has 0 aliphatic heterocycles. The van der Waals surface area contributed by atoms with Crippen molar-refractivity contribution in [1.29, 1.82) is 5.26 Å². The summed E-state index contributed by atoms with van der Waals surface area (Å²) in [6.45, 7) is 2.86. The number of nitrogens with one attached hydrogen (secondary N) is 1. The van der Waals surface area contributed by atoms with E-state index in [1.54, 1.807) is 6.20 Å². The van der Waals surface area contributed by atoms with Gasteiger partial charge in [-0.1, -0.05) is 37.1 Å². The number of hydrogen-bond donors (Lipinski definition) is 1. The van der Waals surface area contributed by atoms with Crippen molar-refractivity contribution in [3.05, 3.63) is 70.1 Å². The fraction of sp³-hybridized carbons (Fsp3) is 0.182. The molecular formula is C22H20ClN3OS. The van der Waals surface area contributed by atoms with Gasteiger partial charge in [0.1, 0.15) is 22.4 Å². The van der Waals surface area contributed by atoms with Crippen LogP contribution in [-0.4, -0.2) is 11.6 Å². The minimum atomic E-state index is 0.480. The molecule has 0 fully saturated rings. The molecule has 0 atom stereocenters. The fourth-order valence-electron chi connectivity index (χ4n) is 2.43. The predicted molar refractivity (Wildman–Crippen MR) is 117 cm³/mol. The van der Waals surface area contributed by atoms with Gasteiger partial charge >= 0.3 is 0 Å². The summed E-state index contributed by atoms with van der Waals surface area (Å²) in [6.07, 6.45) is 3.83. The first-order chi connectivity index (χ1) is 13.7. The Bertz CT molecular complexity index is 972. The number of hydrogen-bond acceptors (Lipinski definition) is 5. The van der Waals surface area contributed by atoms with Gasteiger partial charge in [-0.05, 0) is 42.8 Å². The molecule has 142 valence electrons. The highest BCUT2D eigenvalue weighted by atomic mass is 35.5. The molecule has 0 aliphatic rings. The maximum atomic E-state index is 9.51. The number of nitrogens with zero attached hydrogens (tertiary/aromatic N) is 2. The second-order valence-corrected chi connectivity index (χ2v) is 7.38. The number of anilines is 1. The first-order valence-corrected chi connectivity index (χ1v) is 10.3. The van der Waals surface area contributed by atoms with E-state index in [1.807, 2.05) is 53.9 Å². The van der Waals surface area contributed by atoms with Crippen molar-refractivity contribution in [2.75, 3.05) is 11.9 Å². The lowest BCUT2D eigenvalue weighted by molar-refractivity contribution is 0.309. The standard InChI is InChI=1S/C22H20ClN3OS/c1-2-3-12-27-20-10-8-19(9-11-20)25-14-17(13-24)22-26-21(15-28-22)16-4-6-18(23)7-5-16/h4-11,14-15,25H,2-3,12H2,1H3/b17-14+. The van der Waals surface area contributed by atoms with Crippen molar-refractivity contribution in [1.82, 2.24) is 4.98 Å².